The molecule has 1 unspecified atom stereocenters. The van der Waals surface area contributed by atoms with Gasteiger partial charge in [-0.05, 0) is 31.0 Å². The Bertz CT molecular complexity index is 341. The minimum atomic E-state index is 0.117. The first-order valence-corrected chi connectivity index (χ1v) is 7.16. The maximum Gasteiger partial charge on any atom is 0.120 e. The third-order valence-electron chi connectivity index (χ3n) is 2.80. The lowest BCUT2D eigenvalue weighted by molar-refractivity contribution is 0.340. The van der Waals surface area contributed by atoms with Crippen molar-refractivity contribution in [1.29, 1.82) is 0 Å². The zero-order valence-corrected chi connectivity index (χ0v) is 12.3. The summed E-state index contributed by atoms with van der Waals surface area (Å²) >= 11 is 3.57. The van der Waals surface area contributed by atoms with Crippen LogP contribution in [0.4, 0.5) is 0 Å². The fraction of sp³-hybridized carbons (Fsp3) is 0.571. The Kier molecular flexibility index (Phi) is 6.60. The molecule has 2 nitrogen and oxygen atoms in total. The van der Waals surface area contributed by atoms with Crippen LogP contribution in [0.25, 0.3) is 0 Å². The van der Waals surface area contributed by atoms with Crippen molar-refractivity contribution in [3.63, 3.8) is 0 Å². The Hall–Kier alpha value is -0.540. The number of rotatable bonds is 7. The summed E-state index contributed by atoms with van der Waals surface area (Å²) in [7, 11) is 0. The van der Waals surface area contributed by atoms with E-state index in [1.807, 2.05) is 19.1 Å². The van der Waals surface area contributed by atoms with E-state index in [9.17, 15) is 0 Å². The standard InChI is InChI=1S/C14H22BrNO/c1-3-5-6-7-14(16)12-9-8-11(17-4-2)10-13(12)15/h8-10,14H,3-7,16H2,1-2H3. The number of unbranched alkanes of at least 4 members (excludes halogenated alkanes) is 2. The highest BCUT2D eigenvalue weighted by molar-refractivity contribution is 9.10. The van der Waals surface area contributed by atoms with Gasteiger partial charge in [-0.3, -0.25) is 0 Å². The van der Waals surface area contributed by atoms with Gasteiger partial charge in [0.2, 0.25) is 0 Å². The quantitative estimate of drug-likeness (QED) is 0.756. The van der Waals surface area contributed by atoms with Crippen LogP contribution in [-0.2, 0) is 0 Å². The van der Waals surface area contributed by atoms with Gasteiger partial charge in [-0.15, -0.1) is 0 Å². The number of ether oxygens (including phenoxy) is 1. The first kappa shape index (κ1) is 14.5. The molecule has 1 atom stereocenters. The molecule has 96 valence electrons. The molecular formula is C14H22BrNO. The molecule has 0 aliphatic heterocycles. The fourth-order valence-corrected chi connectivity index (χ4v) is 2.49. The van der Waals surface area contributed by atoms with Crippen LogP contribution < -0.4 is 10.5 Å². The number of hydrogen-bond acceptors (Lipinski definition) is 2. The van der Waals surface area contributed by atoms with Crippen molar-refractivity contribution >= 4 is 15.9 Å². The molecule has 1 rings (SSSR count). The summed E-state index contributed by atoms with van der Waals surface area (Å²) in [6, 6.07) is 6.17. The number of hydrogen-bond donors (Lipinski definition) is 1. The predicted octanol–water partition coefficient (Wildman–Crippen LogP) is 4.43. The summed E-state index contributed by atoms with van der Waals surface area (Å²) in [4.78, 5) is 0. The van der Waals surface area contributed by atoms with Gasteiger partial charge >= 0.3 is 0 Å². The maximum atomic E-state index is 6.19. The lowest BCUT2D eigenvalue weighted by atomic mass is 10.0. The number of benzene rings is 1. The summed E-state index contributed by atoms with van der Waals surface area (Å²) in [5.41, 5.74) is 7.36. The van der Waals surface area contributed by atoms with Crippen LogP contribution in [0.2, 0.25) is 0 Å². The molecule has 0 amide bonds. The van der Waals surface area contributed by atoms with E-state index in [4.69, 9.17) is 10.5 Å². The summed E-state index contributed by atoms with van der Waals surface area (Å²) in [6.07, 6.45) is 4.72. The van der Waals surface area contributed by atoms with E-state index < -0.39 is 0 Å². The minimum Gasteiger partial charge on any atom is -0.494 e. The van der Waals surface area contributed by atoms with Gasteiger partial charge in [0.05, 0.1) is 6.61 Å². The lowest BCUT2D eigenvalue weighted by Gasteiger charge is -2.14. The summed E-state index contributed by atoms with van der Waals surface area (Å²) in [5, 5.41) is 0. The molecule has 0 bridgehead atoms. The van der Waals surface area contributed by atoms with E-state index in [1.54, 1.807) is 0 Å². The van der Waals surface area contributed by atoms with Crippen LogP contribution in [0.1, 0.15) is 51.1 Å². The molecule has 0 saturated carbocycles. The van der Waals surface area contributed by atoms with Gasteiger partial charge in [-0.2, -0.15) is 0 Å². The van der Waals surface area contributed by atoms with E-state index in [0.717, 1.165) is 16.6 Å². The molecule has 0 aromatic heterocycles. The van der Waals surface area contributed by atoms with Crippen molar-refractivity contribution < 1.29 is 4.74 Å². The molecule has 0 heterocycles. The van der Waals surface area contributed by atoms with Crippen molar-refractivity contribution in [3.8, 4) is 5.75 Å². The fourth-order valence-electron chi connectivity index (χ4n) is 1.83. The number of halogens is 1. The molecule has 1 aromatic rings. The van der Waals surface area contributed by atoms with E-state index >= 15 is 0 Å². The van der Waals surface area contributed by atoms with Crippen molar-refractivity contribution in [1.82, 2.24) is 0 Å². The van der Waals surface area contributed by atoms with E-state index in [2.05, 4.69) is 28.9 Å². The Morgan fingerprint density at radius 1 is 1.29 bits per heavy atom. The SMILES string of the molecule is CCCCCC(N)c1ccc(OCC)cc1Br. The normalized spacial score (nSPS) is 12.5. The monoisotopic (exact) mass is 299 g/mol. The van der Waals surface area contributed by atoms with Crippen molar-refractivity contribution in [2.24, 2.45) is 5.73 Å². The first-order chi connectivity index (χ1) is 8.19. The Morgan fingerprint density at radius 3 is 2.65 bits per heavy atom. The third kappa shape index (κ3) is 4.68. The molecule has 2 N–H and O–H groups in total. The Balaban J connectivity index is 2.63. The summed E-state index contributed by atoms with van der Waals surface area (Å²) in [6.45, 7) is 4.88. The van der Waals surface area contributed by atoms with Gasteiger partial charge in [0, 0.05) is 10.5 Å². The third-order valence-corrected chi connectivity index (χ3v) is 3.49. The molecule has 0 spiro atoms. The molecule has 0 radical (unpaired) electrons. The van der Waals surface area contributed by atoms with E-state index in [-0.39, 0.29) is 6.04 Å². The average molecular weight is 300 g/mol. The van der Waals surface area contributed by atoms with E-state index in [0.29, 0.717) is 6.61 Å². The maximum absolute atomic E-state index is 6.19. The van der Waals surface area contributed by atoms with Crippen LogP contribution in [-0.4, -0.2) is 6.61 Å². The second kappa shape index (κ2) is 7.72. The first-order valence-electron chi connectivity index (χ1n) is 6.36. The smallest absolute Gasteiger partial charge is 0.120 e. The number of nitrogens with two attached hydrogens (primary N) is 1. The van der Waals surface area contributed by atoms with Gasteiger partial charge < -0.3 is 10.5 Å². The molecule has 1 aromatic carbocycles. The second-order valence-electron chi connectivity index (χ2n) is 4.22. The molecule has 17 heavy (non-hydrogen) atoms. The van der Waals surface area contributed by atoms with Gasteiger partial charge in [0.25, 0.3) is 0 Å². The topological polar surface area (TPSA) is 35.2 Å². The van der Waals surface area contributed by atoms with Gasteiger partial charge in [0.15, 0.2) is 0 Å². The summed E-state index contributed by atoms with van der Waals surface area (Å²) in [5.74, 6) is 0.892. The molecular weight excluding hydrogens is 278 g/mol. The molecule has 0 fully saturated rings. The van der Waals surface area contributed by atoms with Crippen molar-refractivity contribution in [3.05, 3.63) is 28.2 Å². The van der Waals surface area contributed by atoms with Crippen molar-refractivity contribution in [2.45, 2.75) is 45.6 Å². The van der Waals surface area contributed by atoms with Crippen LogP contribution in [0.15, 0.2) is 22.7 Å². The van der Waals surface area contributed by atoms with Gasteiger partial charge in [-0.1, -0.05) is 48.2 Å². The highest BCUT2D eigenvalue weighted by atomic mass is 79.9. The molecule has 3 heteroatoms. The predicted molar refractivity (Wildman–Crippen MR) is 76.4 cm³/mol. The zero-order valence-electron chi connectivity index (χ0n) is 10.7. The second-order valence-corrected chi connectivity index (χ2v) is 5.07. The Morgan fingerprint density at radius 2 is 2.06 bits per heavy atom. The van der Waals surface area contributed by atoms with Gasteiger partial charge in [0.1, 0.15) is 5.75 Å². The molecule has 0 saturated heterocycles. The largest absolute Gasteiger partial charge is 0.494 e. The van der Waals surface area contributed by atoms with Crippen molar-refractivity contribution in [2.75, 3.05) is 6.61 Å². The molecule has 0 aliphatic rings. The van der Waals surface area contributed by atoms with E-state index in [1.165, 1.54) is 24.8 Å². The zero-order chi connectivity index (χ0) is 12.7. The highest BCUT2D eigenvalue weighted by Crippen LogP contribution is 2.29. The molecule has 0 aliphatic carbocycles. The Labute approximate surface area is 113 Å². The van der Waals surface area contributed by atoms with Crippen LogP contribution in [0.3, 0.4) is 0 Å². The highest BCUT2D eigenvalue weighted by Gasteiger charge is 2.10. The summed E-state index contributed by atoms with van der Waals surface area (Å²) < 4.78 is 6.50. The van der Waals surface area contributed by atoms with Gasteiger partial charge in [-0.25, -0.2) is 0 Å². The lowest BCUT2D eigenvalue weighted by Crippen LogP contribution is -2.10. The minimum absolute atomic E-state index is 0.117. The van der Waals surface area contributed by atoms with Crippen LogP contribution in [0, 0.1) is 0 Å². The average Bonchev–Trinajstić information content (AvgIpc) is 2.29. The van der Waals surface area contributed by atoms with Crippen LogP contribution in [0.5, 0.6) is 5.75 Å². The van der Waals surface area contributed by atoms with Crippen LogP contribution >= 0.6 is 15.9 Å².